The SMILES string of the molecule is COc1cnc(C(O)c2ccoc2C)c(OC)n1. The van der Waals surface area contributed by atoms with Gasteiger partial charge in [-0.1, -0.05) is 0 Å². The molecule has 6 nitrogen and oxygen atoms in total. The van der Waals surface area contributed by atoms with E-state index in [4.69, 9.17) is 13.9 Å². The predicted molar refractivity (Wildman–Crippen MR) is 62.6 cm³/mol. The van der Waals surface area contributed by atoms with Gasteiger partial charge in [-0.25, -0.2) is 4.98 Å². The van der Waals surface area contributed by atoms with Crippen molar-refractivity contribution < 1.29 is 19.0 Å². The summed E-state index contributed by atoms with van der Waals surface area (Å²) in [5.74, 6) is 1.18. The average Bonchev–Trinajstić information content (AvgIpc) is 2.83. The second-order valence-electron chi connectivity index (χ2n) is 3.64. The average molecular weight is 250 g/mol. The summed E-state index contributed by atoms with van der Waals surface area (Å²) in [6, 6.07) is 1.69. The molecule has 96 valence electrons. The van der Waals surface area contributed by atoms with Crippen molar-refractivity contribution in [2.75, 3.05) is 14.2 Å². The van der Waals surface area contributed by atoms with Crippen LogP contribution >= 0.6 is 0 Å². The summed E-state index contributed by atoms with van der Waals surface area (Å²) in [5.41, 5.74) is 0.954. The molecule has 0 spiro atoms. The Morgan fingerprint density at radius 1 is 1.33 bits per heavy atom. The third-order valence-corrected chi connectivity index (χ3v) is 2.60. The van der Waals surface area contributed by atoms with Gasteiger partial charge in [-0.2, -0.15) is 4.98 Å². The molecule has 2 aromatic rings. The molecule has 6 heteroatoms. The lowest BCUT2D eigenvalue weighted by molar-refractivity contribution is 0.204. The molecule has 18 heavy (non-hydrogen) atoms. The molecule has 0 saturated heterocycles. The van der Waals surface area contributed by atoms with Crippen LogP contribution in [0.3, 0.4) is 0 Å². The van der Waals surface area contributed by atoms with Crippen molar-refractivity contribution in [1.29, 1.82) is 0 Å². The predicted octanol–water partition coefficient (Wildman–Crippen LogP) is 1.48. The van der Waals surface area contributed by atoms with E-state index in [9.17, 15) is 5.11 Å². The largest absolute Gasteiger partial charge is 0.480 e. The summed E-state index contributed by atoms with van der Waals surface area (Å²) in [6.07, 6.45) is 1.99. The second-order valence-corrected chi connectivity index (χ2v) is 3.64. The Hall–Kier alpha value is -2.08. The maximum absolute atomic E-state index is 10.3. The van der Waals surface area contributed by atoms with E-state index < -0.39 is 6.10 Å². The van der Waals surface area contributed by atoms with Crippen LogP contribution in [0.4, 0.5) is 0 Å². The summed E-state index contributed by atoms with van der Waals surface area (Å²) in [7, 11) is 2.95. The van der Waals surface area contributed by atoms with Crippen molar-refractivity contribution in [3.63, 3.8) is 0 Å². The van der Waals surface area contributed by atoms with E-state index in [0.717, 1.165) is 0 Å². The van der Waals surface area contributed by atoms with Crippen LogP contribution in [0.1, 0.15) is 23.1 Å². The van der Waals surface area contributed by atoms with E-state index >= 15 is 0 Å². The lowest BCUT2D eigenvalue weighted by Crippen LogP contribution is -2.07. The molecule has 0 aromatic carbocycles. The first-order chi connectivity index (χ1) is 8.67. The topological polar surface area (TPSA) is 77.6 Å². The highest BCUT2D eigenvalue weighted by molar-refractivity contribution is 5.33. The summed E-state index contributed by atoms with van der Waals surface area (Å²) >= 11 is 0. The van der Waals surface area contributed by atoms with Crippen molar-refractivity contribution in [2.45, 2.75) is 13.0 Å². The molecule has 0 aliphatic heterocycles. The number of hydrogen-bond acceptors (Lipinski definition) is 6. The van der Waals surface area contributed by atoms with E-state index in [0.29, 0.717) is 22.9 Å². The number of rotatable bonds is 4. The van der Waals surface area contributed by atoms with Crippen molar-refractivity contribution in [3.8, 4) is 11.8 Å². The van der Waals surface area contributed by atoms with Crippen LogP contribution in [0.25, 0.3) is 0 Å². The molecule has 1 N–H and O–H groups in total. The van der Waals surface area contributed by atoms with Crippen LogP contribution in [0.2, 0.25) is 0 Å². The normalized spacial score (nSPS) is 12.2. The van der Waals surface area contributed by atoms with E-state index in [1.54, 1.807) is 13.0 Å². The van der Waals surface area contributed by atoms with Gasteiger partial charge in [-0.15, -0.1) is 0 Å². The van der Waals surface area contributed by atoms with Gasteiger partial charge in [0.25, 0.3) is 0 Å². The number of aryl methyl sites for hydroxylation is 1. The molecule has 0 fully saturated rings. The number of methoxy groups -OCH3 is 2. The number of ether oxygens (including phenoxy) is 2. The molecular weight excluding hydrogens is 236 g/mol. The minimum atomic E-state index is -0.947. The summed E-state index contributed by atoms with van der Waals surface area (Å²) in [4.78, 5) is 8.19. The van der Waals surface area contributed by atoms with Crippen LogP contribution in [0.15, 0.2) is 22.9 Å². The van der Waals surface area contributed by atoms with Crippen molar-refractivity contribution in [2.24, 2.45) is 0 Å². The molecule has 2 heterocycles. The van der Waals surface area contributed by atoms with Gasteiger partial charge in [0.15, 0.2) is 0 Å². The van der Waals surface area contributed by atoms with Crippen LogP contribution in [0, 0.1) is 6.92 Å². The molecule has 0 saturated carbocycles. The van der Waals surface area contributed by atoms with E-state index in [-0.39, 0.29) is 5.88 Å². The monoisotopic (exact) mass is 250 g/mol. The third kappa shape index (κ3) is 2.14. The maximum Gasteiger partial charge on any atom is 0.241 e. The molecule has 1 atom stereocenters. The minimum absolute atomic E-state index is 0.224. The molecule has 1 unspecified atom stereocenters. The van der Waals surface area contributed by atoms with Crippen molar-refractivity contribution in [3.05, 3.63) is 35.5 Å². The fourth-order valence-corrected chi connectivity index (χ4v) is 1.63. The lowest BCUT2D eigenvalue weighted by Gasteiger charge is -2.12. The zero-order chi connectivity index (χ0) is 13.1. The number of aliphatic hydroxyl groups is 1. The summed E-state index contributed by atoms with van der Waals surface area (Å²) in [5, 5.41) is 10.3. The highest BCUT2D eigenvalue weighted by Crippen LogP contribution is 2.30. The van der Waals surface area contributed by atoms with Crippen LogP contribution < -0.4 is 9.47 Å². The van der Waals surface area contributed by atoms with Crippen LogP contribution in [-0.4, -0.2) is 29.3 Å². The maximum atomic E-state index is 10.3. The molecule has 0 radical (unpaired) electrons. The number of aromatic nitrogens is 2. The van der Waals surface area contributed by atoms with Gasteiger partial charge < -0.3 is 19.0 Å². The Kier molecular flexibility index (Phi) is 3.47. The number of furan rings is 1. The molecule has 2 aromatic heterocycles. The first kappa shape index (κ1) is 12.4. The second kappa shape index (κ2) is 5.05. The minimum Gasteiger partial charge on any atom is -0.480 e. The first-order valence-electron chi connectivity index (χ1n) is 5.34. The Labute approximate surface area is 104 Å². The Morgan fingerprint density at radius 2 is 2.11 bits per heavy atom. The molecule has 2 rings (SSSR count). The summed E-state index contributed by atoms with van der Waals surface area (Å²) in [6.45, 7) is 1.77. The van der Waals surface area contributed by atoms with Gasteiger partial charge in [0, 0.05) is 5.56 Å². The highest BCUT2D eigenvalue weighted by Gasteiger charge is 2.22. The molecule has 0 bridgehead atoms. The zero-order valence-electron chi connectivity index (χ0n) is 10.4. The first-order valence-corrected chi connectivity index (χ1v) is 5.34. The molecule has 0 amide bonds. The third-order valence-electron chi connectivity index (χ3n) is 2.60. The van der Waals surface area contributed by atoms with Gasteiger partial charge in [0.1, 0.15) is 17.6 Å². The van der Waals surface area contributed by atoms with Gasteiger partial charge in [0.2, 0.25) is 11.8 Å². The van der Waals surface area contributed by atoms with Crippen LogP contribution in [0.5, 0.6) is 11.8 Å². The Balaban J connectivity index is 2.41. The van der Waals surface area contributed by atoms with E-state index in [1.807, 2.05) is 0 Å². The fraction of sp³-hybridized carbons (Fsp3) is 0.333. The number of hydrogen-bond donors (Lipinski definition) is 1. The standard InChI is InChI=1S/C12H14N2O4/c1-7-8(4-5-18-7)11(15)10-12(17-3)14-9(16-2)6-13-10/h4-6,11,15H,1-3H3. The van der Waals surface area contributed by atoms with E-state index in [2.05, 4.69) is 9.97 Å². The summed E-state index contributed by atoms with van der Waals surface area (Å²) < 4.78 is 15.2. The van der Waals surface area contributed by atoms with Crippen molar-refractivity contribution in [1.82, 2.24) is 9.97 Å². The quantitative estimate of drug-likeness (QED) is 0.885. The Morgan fingerprint density at radius 3 is 2.67 bits per heavy atom. The smallest absolute Gasteiger partial charge is 0.241 e. The van der Waals surface area contributed by atoms with Crippen molar-refractivity contribution >= 4 is 0 Å². The van der Waals surface area contributed by atoms with Crippen LogP contribution in [-0.2, 0) is 0 Å². The molecule has 0 aliphatic rings. The van der Waals surface area contributed by atoms with Gasteiger partial charge in [-0.05, 0) is 13.0 Å². The zero-order valence-corrected chi connectivity index (χ0v) is 10.4. The fourth-order valence-electron chi connectivity index (χ4n) is 1.63. The highest BCUT2D eigenvalue weighted by atomic mass is 16.5. The molecule has 0 aliphatic carbocycles. The lowest BCUT2D eigenvalue weighted by atomic mass is 10.1. The van der Waals surface area contributed by atoms with Gasteiger partial charge in [-0.3, -0.25) is 0 Å². The van der Waals surface area contributed by atoms with Gasteiger partial charge in [0.05, 0.1) is 26.7 Å². The van der Waals surface area contributed by atoms with Gasteiger partial charge >= 0.3 is 0 Å². The number of nitrogens with zero attached hydrogens (tertiary/aromatic N) is 2. The number of aliphatic hydroxyl groups excluding tert-OH is 1. The van der Waals surface area contributed by atoms with E-state index in [1.165, 1.54) is 26.7 Å². The Bertz CT molecular complexity index is 539. The molecular formula is C12H14N2O4.